The van der Waals surface area contributed by atoms with Crippen LogP contribution in [-0.2, 0) is 11.8 Å². The summed E-state index contributed by atoms with van der Waals surface area (Å²) < 4.78 is 1.88. The summed E-state index contributed by atoms with van der Waals surface area (Å²) in [6.07, 6.45) is 4.28. The first-order valence-electron chi connectivity index (χ1n) is 3.90. The Morgan fingerprint density at radius 2 is 2.58 bits per heavy atom. The highest BCUT2D eigenvalue weighted by Gasteiger charge is 2.46. The van der Waals surface area contributed by atoms with E-state index in [1.807, 2.05) is 17.8 Å². The smallest absolute Gasteiger partial charge is 0.307 e. The van der Waals surface area contributed by atoms with E-state index in [0.717, 1.165) is 12.2 Å². The molecule has 1 aliphatic carbocycles. The number of aryl methyl sites for hydroxylation is 1. The van der Waals surface area contributed by atoms with E-state index in [9.17, 15) is 4.79 Å². The van der Waals surface area contributed by atoms with Gasteiger partial charge in [0.1, 0.15) is 5.82 Å². The Balaban J connectivity index is 2.15. The van der Waals surface area contributed by atoms with Crippen molar-refractivity contribution in [2.24, 2.45) is 13.0 Å². The van der Waals surface area contributed by atoms with Gasteiger partial charge in [0.2, 0.25) is 0 Å². The maximum Gasteiger partial charge on any atom is 0.307 e. The average Bonchev–Trinajstić information content (AvgIpc) is 2.70. The third kappa shape index (κ3) is 0.995. The molecular formula is C8H10N2O2. The fourth-order valence-corrected chi connectivity index (χ4v) is 1.49. The van der Waals surface area contributed by atoms with E-state index >= 15 is 0 Å². The summed E-state index contributed by atoms with van der Waals surface area (Å²) in [5, 5.41) is 8.68. The van der Waals surface area contributed by atoms with Crippen LogP contribution in [-0.4, -0.2) is 20.6 Å². The van der Waals surface area contributed by atoms with Gasteiger partial charge in [0.05, 0.1) is 5.92 Å². The Kier molecular flexibility index (Phi) is 1.43. The molecule has 0 aliphatic heterocycles. The number of carbonyl (C=O) groups is 1. The molecular weight excluding hydrogens is 156 g/mol. The summed E-state index contributed by atoms with van der Waals surface area (Å²) >= 11 is 0. The molecule has 1 N–H and O–H groups in total. The van der Waals surface area contributed by atoms with Gasteiger partial charge < -0.3 is 9.67 Å². The maximum absolute atomic E-state index is 10.5. The van der Waals surface area contributed by atoms with Crippen molar-refractivity contribution in [2.75, 3.05) is 0 Å². The zero-order valence-electron chi connectivity index (χ0n) is 6.77. The van der Waals surface area contributed by atoms with Gasteiger partial charge in [0, 0.05) is 25.4 Å². The quantitative estimate of drug-likeness (QED) is 0.700. The van der Waals surface area contributed by atoms with Gasteiger partial charge in [-0.1, -0.05) is 0 Å². The zero-order chi connectivity index (χ0) is 8.72. The van der Waals surface area contributed by atoms with E-state index in [1.54, 1.807) is 6.20 Å². The lowest BCUT2D eigenvalue weighted by molar-refractivity contribution is -0.138. The molecule has 0 aromatic carbocycles. The van der Waals surface area contributed by atoms with Gasteiger partial charge >= 0.3 is 5.97 Å². The summed E-state index contributed by atoms with van der Waals surface area (Å²) in [6, 6.07) is 0. The highest BCUT2D eigenvalue weighted by atomic mass is 16.4. The molecule has 12 heavy (non-hydrogen) atoms. The summed E-state index contributed by atoms with van der Waals surface area (Å²) in [4.78, 5) is 14.7. The highest BCUT2D eigenvalue weighted by molar-refractivity contribution is 5.74. The molecule has 1 aromatic heterocycles. The van der Waals surface area contributed by atoms with Crippen molar-refractivity contribution in [3.63, 3.8) is 0 Å². The van der Waals surface area contributed by atoms with Crippen LogP contribution in [0.3, 0.4) is 0 Å². The fourth-order valence-electron chi connectivity index (χ4n) is 1.49. The van der Waals surface area contributed by atoms with Crippen LogP contribution in [0.4, 0.5) is 0 Å². The van der Waals surface area contributed by atoms with Crippen molar-refractivity contribution in [1.82, 2.24) is 9.55 Å². The minimum atomic E-state index is -0.706. The predicted molar refractivity (Wildman–Crippen MR) is 41.7 cm³/mol. The number of hydrogen-bond acceptors (Lipinski definition) is 2. The topological polar surface area (TPSA) is 55.1 Å². The SMILES string of the molecule is Cn1ccnc1[C@@H]1C[C@H]1C(=O)O. The van der Waals surface area contributed by atoms with Crippen molar-refractivity contribution < 1.29 is 9.90 Å². The molecule has 0 bridgehead atoms. The van der Waals surface area contributed by atoms with Gasteiger partial charge in [0.15, 0.2) is 0 Å². The van der Waals surface area contributed by atoms with Gasteiger partial charge in [-0.3, -0.25) is 4.79 Å². The number of aliphatic carboxylic acids is 1. The predicted octanol–water partition coefficient (Wildman–Crippen LogP) is 0.608. The lowest BCUT2D eigenvalue weighted by Gasteiger charge is -1.97. The van der Waals surface area contributed by atoms with Crippen LogP contribution in [0.15, 0.2) is 12.4 Å². The number of rotatable bonds is 2. The Bertz CT molecular complexity index is 319. The monoisotopic (exact) mass is 166 g/mol. The fraction of sp³-hybridized carbons (Fsp3) is 0.500. The molecule has 0 radical (unpaired) electrons. The summed E-state index contributed by atoms with van der Waals surface area (Å²) in [5.74, 6) is 0.124. The van der Waals surface area contributed by atoms with E-state index in [-0.39, 0.29) is 11.8 Å². The average molecular weight is 166 g/mol. The summed E-state index contributed by atoms with van der Waals surface area (Å²) in [7, 11) is 1.89. The highest BCUT2D eigenvalue weighted by Crippen LogP contribution is 2.46. The normalized spacial score (nSPS) is 27.1. The lowest BCUT2D eigenvalue weighted by atomic mass is 10.3. The van der Waals surface area contributed by atoms with Crippen molar-refractivity contribution in [1.29, 1.82) is 0 Å². The first kappa shape index (κ1) is 7.34. The standard InChI is InChI=1S/C8H10N2O2/c1-10-3-2-9-7(10)5-4-6(5)8(11)12/h2-3,5-6H,4H2,1H3,(H,11,12)/t5-,6-/m1/s1. The number of imidazole rings is 1. The van der Waals surface area contributed by atoms with Crippen molar-refractivity contribution in [3.8, 4) is 0 Å². The summed E-state index contributed by atoms with van der Waals surface area (Å²) in [5.41, 5.74) is 0. The second-order valence-electron chi connectivity index (χ2n) is 3.18. The molecule has 1 aromatic rings. The molecule has 1 saturated carbocycles. The van der Waals surface area contributed by atoms with E-state index in [1.165, 1.54) is 0 Å². The molecule has 1 heterocycles. The number of carboxylic acids is 1. The van der Waals surface area contributed by atoms with Crippen LogP contribution in [0, 0.1) is 5.92 Å². The molecule has 2 rings (SSSR count). The van der Waals surface area contributed by atoms with Crippen LogP contribution in [0.5, 0.6) is 0 Å². The van der Waals surface area contributed by atoms with E-state index in [2.05, 4.69) is 4.98 Å². The third-order valence-electron chi connectivity index (χ3n) is 2.30. The van der Waals surface area contributed by atoms with E-state index < -0.39 is 5.97 Å². The van der Waals surface area contributed by atoms with Gasteiger partial charge in [-0.15, -0.1) is 0 Å². The van der Waals surface area contributed by atoms with Crippen LogP contribution in [0.2, 0.25) is 0 Å². The Morgan fingerprint density at radius 3 is 3.00 bits per heavy atom. The first-order chi connectivity index (χ1) is 5.70. The third-order valence-corrected chi connectivity index (χ3v) is 2.30. The van der Waals surface area contributed by atoms with Gasteiger partial charge in [-0.05, 0) is 6.42 Å². The van der Waals surface area contributed by atoms with Gasteiger partial charge in [-0.25, -0.2) is 4.98 Å². The minimum Gasteiger partial charge on any atom is -0.481 e. The molecule has 0 unspecified atom stereocenters. The molecule has 4 nitrogen and oxygen atoms in total. The number of hydrogen-bond donors (Lipinski definition) is 1. The summed E-state index contributed by atoms with van der Waals surface area (Å²) in [6.45, 7) is 0. The van der Waals surface area contributed by atoms with Crippen LogP contribution in [0.1, 0.15) is 18.2 Å². The first-order valence-corrected chi connectivity index (χ1v) is 3.90. The lowest BCUT2D eigenvalue weighted by Crippen LogP contribution is -2.02. The Hall–Kier alpha value is -1.32. The Labute approximate surface area is 69.8 Å². The second-order valence-corrected chi connectivity index (χ2v) is 3.18. The van der Waals surface area contributed by atoms with Crippen molar-refractivity contribution >= 4 is 5.97 Å². The molecule has 1 aliphatic rings. The van der Waals surface area contributed by atoms with Gasteiger partial charge in [-0.2, -0.15) is 0 Å². The van der Waals surface area contributed by atoms with Crippen LogP contribution < -0.4 is 0 Å². The Morgan fingerprint density at radius 1 is 1.83 bits per heavy atom. The molecule has 0 saturated heterocycles. The van der Waals surface area contributed by atoms with Crippen LogP contribution >= 0.6 is 0 Å². The molecule has 1 fully saturated rings. The molecule has 64 valence electrons. The number of carboxylic acid groups (broad SMARTS) is 1. The molecule has 4 heteroatoms. The maximum atomic E-state index is 10.5. The van der Waals surface area contributed by atoms with Gasteiger partial charge in [0.25, 0.3) is 0 Å². The van der Waals surface area contributed by atoms with Crippen molar-refractivity contribution in [3.05, 3.63) is 18.2 Å². The minimum absolute atomic E-state index is 0.141. The van der Waals surface area contributed by atoms with Crippen molar-refractivity contribution in [2.45, 2.75) is 12.3 Å². The molecule has 0 amide bonds. The molecule has 0 spiro atoms. The van der Waals surface area contributed by atoms with E-state index in [4.69, 9.17) is 5.11 Å². The molecule has 2 atom stereocenters. The largest absolute Gasteiger partial charge is 0.481 e. The second kappa shape index (κ2) is 2.33. The number of aromatic nitrogens is 2. The number of nitrogens with zero attached hydrogens (tertiary/aromatic N) is 2. The van der Waals surface area contributed by atoms with Crippen LogP contribution in [0.25, 0.3) is 0 Å². The zero-order valence-corrected chi connectivity index (χ0v) is 6.77. The van der Waals surface area contributed by atoms with E-state index in [0.29, 0.717) is 0 Å².